The fourth-order valence-electron chi connectivity index (χ4n) is 1.74. The zero-order valence-electron chi connectivity index (χ0n) is 9.76. The zero-order chi connectivity index (χ0) is 14.0. The van der Waals surface area contributed by atoms with Crippen LogP contribution in [0.25, 0.3) is 0 Å². The average molecular weight is 276 g/mol. The number of carbonyl (C=O) groups is 2. The van der Waals surface area contributed by atoms with E-state index in [1.165, 1.54) is 18.2 Å². The van der Waals surface area contributed by atoms with Crippen molar-refractivity contribution in [2.75, 3.05) is 5.73 Å². The van der Waals surface area contributed by atoms with Crippen molar-refractivity contribution < 1.29 is 14.7 Å². The van der Waals surface area contributed by atoms with E-state index >= 15 is 0 Å². The highest BCUT2D eigenvalue weighted by molar-refractivity contribution is 6.31. The van der Waals surface area contributed by atoms with E-state index in [0.717, 1.165) is 0 Å². The van der Waals surface area contributed by atoms with Crippen LogP contribution in [0, 0.1) is 0 Å². The van der Waals surface area contributed by atoms with E-state index in [0.29, 0.717) is 5.69 Å². The van der Waals surface area contributed by atoms with Gasteiger partial charge in [-0.15, -0.1) is 0 Å². The number of hydrogen-bond acceptors (Lipinski definition) is 3. The first-order chi connectivity index (χ1) is 9.00. The Kier molecular flexibility index (Phi) is 3.53. The summed E-state index contributed by atoms with van der Waals surface area (Å²) in [7, 11) is 0. The normalized spacial score (nSPS) is 10.2. The zero-order valence-corrected chi connectivity index (χ0v) is 10.5. The molecule has 0 unspecified atom stereocenters. The van der Waals surface area contributed by atoms with Crippen LogP contribution in [0.4, 0.5) is 5.69 Å². The third-order valence-electron chi connectivity index (χ3n) is 2.66. The Hall–Kier alpha value is -2.33. The van der Waals surface area contributed by atoms with Crippen molar-refractivity contribution in [3.05, 3.63) is 64.2 Å². The Labute approximate surface area is 114 Å². The first kappa shape index (κ1) is 13.1. The van der Waals surface area contributed by atoms with Crippen molar-refractivity contribution in [3.8, 4) is 0 Å². The number of carbonyl (C=O) groups excluding carboxylic acids is 1. The number of nitrogen functional groups attached to an aromatic ring is 1. The SMILES string of the molecule is Nc1ccccc1C(=O)c1ccc(Cl)cc1C(=O)O. The molecule has 2 aromatic rings. The highest BCUT2D eigenvalue weighted by Gasteiger charge is 2.19. The number of ketones is 1. The maximum absolute atomic E-state index is 12.3. The maximum Gasteiger partial charge on any atom is 0.336 e. The molecule has 0 bridgehead atoms. The number of carboxylic acid groups (broad SMARTS) is 1. The lowest BCUT2D eigenvalue weighted by atomic mass is 9.97. The fraction of sp³-hybridized carbons (Fsp3) is 0. The van der Waals surface area contributed by atoms with Gasteiger partial charge in [-0.1, -0.05) is 23.7 Å². The molecule has 0 aromatic heterocycles. The molecule has 96 valence electrons. The van der Waals surface area contributed by atoms with Gasteiger partial charge in [-0.05, 0) is 30.3 Å². The molecule has 0 spiro atoms. The molecule has 0 radical (unpaired) electrons. The van der Waals surface area contributed by atoms with Gasteiger partial charge in [0, 0.05) is 21.8 Å². The molecule has 0 saturated carbocycles. The highest BCUT2D eigenvalue weighted by Crippen LogP contribution is 2.22. The maximum atomic E-state index is 12.3. The molecule has 5 heteroatoms. The summed E-state index contributed by atoms with van der Waals surface area (Å²) in [6.45, 7) is 0. The van der Waals surface area contributed by atoms with Gasteiger partial charge in [-0.25, -0.2) is 4.79 Å². The van der Waals surface area contributed by atoms with E-state index in [4.69, 9.17) is 22.4 Å². The molecule has 0 saturated heterocycles. The van der Waals surface area contributed by atoms with E-state index in [2.05, 4.69) is 0 Å². The standard InChI is InChI=1S/C14H10ClNO3/c15-8-5-6-9(11(7-8)14(18)19)13(17)10-3-1-2-4-12(10)16/h1-7H,16H2,(H,18,19). The van der Waals surface area contributed by atoms with Gasteiger partial charge in [-0.3, -0.25) is 4.79 Å². The van der Waals surface area contributed by atoms with Gasteiger partial charge in [0.05, 0.1) is 5.56 Å². The summed E-state index contributed by atoms with van der Waals surface area (Å²) >= 11 is 5.74. The smallest absolute Gasteiger partial charge is 0.336 e. The Morgan fingerprint density at radius 1 is 1.00 bits per heavy atom. The van der Waals surface area contributed by atoms with Crippen molar-refractivity contribution in [2.24, 2.45) is 0 Å². The molecule has 0 atom stereocenters. The van der Waals surface area contributed by atoms with E-state index in [1.807, 2.05) is 0 Å². The quantitative estimate of drug-likeness (QED) is 0.667. The molecule has 0 aliphatic rings. The monoisotopic (exact) mass is 275 g/mol. The number of benzene rings is 2. The number of rotatable bonds is 3. The molecule has 0 aliphatic heterocycles. The number of para-hydroxylation sites is 1. The molecule has 2 aromatic carbocycles. The lowest BCUT2D eigenvalue weighted by molar-refractivity contribution is 0.0693. The van der Waals surface area contributed by atoms with Gasteiger partial charge >= 0.3 is 5.97 Å². The van der Waals surface area contributed by atoms with Crippen molar-refractivity contribution in [3.63, 3.8) is 0 Å². The van der Waals surface area contributed by atoms with Crippen LogP contribution in [-0.4, -0.2) is 16.9 Å². The third-order valence-corrected chi connectivity index (χ3v) is 2.90. The fourth-order valence-corrected chi connectivity index (χ4v) is 1.91. The number of anilines is 1. The second kappa shape index (κ2) is 5.12. The molecule has 0 aliphatic carbocycles. The van der Waals surface area contributed by atoms with Gasteiger partial charge in [0.25, 0.3) is 0 Å². The summed E-state index contributed by atoms with van der Waals surface area (Å²) in [4.78, 5) is 23.5. The Morgan fingerprint density at radius 3 is 2.32 bits per heavy atom. The van der Waals surface area contributed by atoms with E-state index < -0.39 is 11.8 Å². The molecule has 4 nitrogen and oxygen atoms in total. The Bertz CT molecular complexity index is 667. The van der Waals surface area contributed by atoms with Gasteiger partial charge in [0.15, 0.2) is 5.78 Å². The molecule has 0 amide bonds. The number of halogens is 1. The van der Waals surface area contributed by atoms with E-state index in [-0.39, 0.29) is 21.7 Å². The molecule has 2 rings (SSSR count). The lowest BCUT2D eigenvalue weighted by Crippen LogP contribution is -2.11. The van der Waals surface area contributed by atoms with Gasteiger partial charge in [0.2, 0.25) is 0 Å². The van der Waals surface area contributed by atoms with Crippen LogP contribution < -0.4 is 5.73 Å². The number of nitrogens with two attached hydrogens (primary N) is 1. The van der Waals surface area contributed by atoms with Gasteiger partial charge in [-0.2, -0.15) is 0 Å². The van der Waals surface area contributed by atoms with Crippen molar-refractivity contribution in [1.82, 2.24) is 0 Å². The van der Waals surface area contributed by atoms with Crippen molar-refractivity contribution in [1.29, 1.82) is 0 Å². The molecule has 19 heavy (non-hydrogen) atoms. The van der Waals surface area contributed by atoms with E-state index in [1.54, 1.807) is 24.3 Å². The van der Waals surface area contributed by atoms with E-state index in [9.17, 15) is 9.59 Å². The second-order valence-electron chi connectivity index (χ2n) is 3.91. The second-order valence-corrected chi connectivity index (χ2v) is 4.35. The summed E-state index contributed by atoms with van der Waals surface area (Å²) in [5.74, 6) is -1.65. The summed E-state index contributed by atoms with van der Waals surface area (Å²) in [6.07, 6.45) is 0. The van der Waals surface area contributed by atoms with Crippen LogP contribution in [-0.2, 0) is 0 Å². The lowest BCUT2D eigenvalue weighted by Gasteiger charge is -2.07. The summed E-state index contributed by atoms with van der Waals surface area (Å²) in [5, 5.41) is 9.37. The van der Waals surface area contributed by atoms with Gasteiger partial charge in [0.1, 0.15) is 0 Å². The number of carboxylic acids is 1. The molecular weight excluding hydrogens is 266 g/mol. The van der Waals surface area contributed by atoms with Crippen LogP contribution in [0.1, 0.15) is 26.3 Å². The first-order valence-electron chi connectivity index (χ1n) is 5.42. The van der Waals surface area contributed by atoms with Crippen LogP contribution in [0.3, 0.4) is 0 Å². The Morgan fingerprint density at radius 2 is 1.68 bits per heavy atom. The van der Waals surface area contributed by atoms with Gasteiger partial charge < -0.3 is 10.8 Å². The minimum absolute atomic E-state index is 0.0646. The van der Waals surface area contributed by atoms with Crippen LogP contribution in [0.5, 0.6) is 0 Å². The minimum atomic E-state index is -1.21. The molecule has 3 N–H and O–H groups in total. The van der Waals surface area contributed by atoms with Crippen LogP contribution >= 0.6 is 11.6 Å². The first-order valence-corrected chi connectivity index (χ1v) is 5.80. The average Bonchev–Trinajstić information content (AvgIpc) is 2.38. The predicted octanol–water partition coefficient (Wildman–Crippen LogP) is 2.85. The topological polar surface area (TPSA) is 80.4 Å². The highest BCUT2D eigenvalue weighted by atomic mass is 35.5. The summed E-state index contributed by atoms with van der Waals surface area (Å²) in [6, 6.07) is 10.6. The van der Waals surface area contributed by atoms with Crippen molar-refractivity contribution >= 4 is 29.0 Å². The number of hydrogen-bond donors (Lipinski definition) is 2. The van der Waals surface area contributed by atoms with Crippen molar-refractivity contribution in [2.45, 2.75) is 0 Å². The van der Waals surface area contributed by atoms with Crippen LogP contribution in [0.15, 0.2) is 42.5 Å². The summed E-state index contributed by atoms with van der Waals surface area (Å²) < 4.78 is 0. The van der Waals surface area contributed by atoms with Crippen LogP contribution in [0.2, 0.25) is 5.02 Å². The Balaban J connectivity index is 2.57. The summed E-state index contributed by atoms with van der Waals surface area (Å²) in [5.41, 5.74) is 6.22. The number of aromatic carboxylic acids is 1. The molecule has 0 fully saturated rings. The predicted molar refractivity (Wildman–Crippen MR) is 72.7 cm³/mol. The third kappa shape index (κ3) is 2.58. The molecule has 0 heterocycles. The largest absolute Gasteiger partial charge is 0.478 e. The molecular formula is C14H10ClNO3. The minimum Gasteiger partial charge on any atom is -0.478 e.